The van der Waals surface area contributed by atoms with Crippen LogP contribution >= 0.6 is 23.6 Å². The monoisotopic (exact) mass is 254 g/mol. The smallest absolute Gasteiger partial charge is 0.195 e. The quantitative estimate of drug-likeness (QED) is 0.857. The molecule has 16 heavy (non-hydrogen) atoms. The van der Waals surface area contributed by atoms with E-state index in [2.05, 4.69) is 29.0 Å². The molecule has 1 N–H and O–H groups in total. The van der Waals surface area contributed by atoms with Gasteiger partial charge in [-0.2, -0.15) is 5.10 Å². The van der Waals surface area contributed by atoms with Crippen LogP contribution in [0.15, 0.2) is 0 Å². The van der Waals surface area contributed by atoms with Crippen LogP contribution in [0.25, 0.3) is 10.7 Å². The minimum absolute atomic E-state index is 0.672. The Morgan fingerprint density at radius 1 is 1.44 bits per heavy atom. The zero-order valence-corrected chi connectivity index (χ0v) is 11.2. The van der Waals surface area contributed by atoms with Gasteiger partial charge in [0, 0.05) is 6.54 Å². The van der Waals surface area contributed by atoms with Crippen molar-refractivity contribution >= 4 is 23.6 Å². The summed E-state index contributed by atoms with van der Waals surface area (Å²) in [7, 11) is 0. The average Bonchev–Trinajstić information content (AvgIpc) is 2.81. The first-order valence-electron chi connectivity index (χ1n) is 5.29. The van der Waals surface area contributed by atoms with Crippen molar-refractivity contribution in [2.45, 2.75) is 33.7 Å². The molecule has 0 bridgehead atoms. The summed E-state index contributed by atoms with van der Waals surface area (Å²) in [5.41, 5.74) is 1.10. The van der Waals surface area contributed by atoms with E-state index in [1.54, 1.807) is 11.3 Å². The molecule has 2 aromatic rings. The normalized spacial score (nSPS) is 10.9. The van der Waals surface area contributed by atoms with Crippen LogP contribution in [0.5, 0.6) is 0 Å². The number of aryl methyl sites for hydroxylation is 2. The molecule has 86 valence electrons. The zero-order valence-electron chi connectivity index (χ0n) is 9.57. The van der Waals surface area contributed by atoms with Gasteiger partial charge < -0.3 is 0 Å². The van der Waals surface area contributed by atoms with Gasteiger partial charge in [-0.05, 0) is 32.5 Å². The van der Waals surface area contributed by atoms with Gasteiger partial charge in [0.05, 0.1) is 15.6 Å². The van der Waals surface area contributed by atoms with Gasteiger partial charge in [-0.3, -0.25) is 9.67 Å². The molecule has 0 unspecified atom stereocenters. The number of aromatic amines is 1. The van der Waals surface area contributed by atoms with Crippen molar-refractivity contribution in [3.8, 4) is 10.7 Å². The third-order valence-electron chi connectivity index (χ3n) is 2.42. The van der Waals surface area contributed by atoms with Gasteiger partial charge in [-0.25, -0.2) is 4.98 Å². The molecule has 0 aromatic carbocycles. The Morgan fingerprint density at radius 3 is 2.81 bits per heavy atom. The molecule has 0 amide bonds. The highest BCUT2D eigenvalue weighted by molar-refractivity contribution is 7.71. The second kappa shape index (κ2) is 4.47. The third kappa shape index (κ3) is 1.82. The highest BCUT2D eigenvalue weighted by Crippen LogP contribution is 2.29. The van der Waals surface area contributed by atoms with E-state index < -0.39 is 0 Å². The first-order valence-corrected chi connectivity index (χ1v) is 6.51. The molecule has 2 aromatic heterocycles. The molecule has 2 heterocycles. The fourth-order valence-electron chi connectivity index (χ4n) is 1.67. The largest absolute Gasteiger partial charge is 0.300 e. The number of H-pyrrole nitrogens is 1. The van der Waals surface area contributed by atoms with Crippen LogP contribution < -0.4 is 0 Å². The number of hydrogen-bond acceptors (Lipinski definition) is 4. The van der Waals surface area contributed by atoms with Crippen molar-refractivity contribution in [3.05, 3.63) is 15.5 Å². The standard InChI is InChI=1S/C10H14N4S2/c1-4-7-8(16-6(3)11-7)9-12-13-10(15)14(9)5-2/h4-5H2,1-3H3,(H,13,15). The van der Waals surface area contributed by atoms with Crippen molar-refractivity contribution < 1.29 is 0 Å². The minimum atomic E-state index is 0.672. The molecule has 0 fully saturated rings. The molecule has 6 heteroatoms. The van der Waals surface area contributed by atoms with Crippen molar-refractivity contribution in [2.75, 3.05) is 0 Å². The van der Waals surface area contributed by atoms with Crippen molar-refractivity contribution in [3.63, 3.8) is 0 Å². The Morgan fingerprint density at radius 2 is 2.19 bits per heavy atom. The summed E-state index contributed by atoms with van der Waals surface area (Å²) >= 11 is 6.86. The molecule has 0 atom stereocenters. The lowest BCUT2D eigenvalue weighted by Gasteiger charge is -2.01. The molecule has 2 rings (SSSR count). The fourth-order valence-corrected chi connectivity index (χ4v) is 2.94. The predicted molar refractivity (Wildman–Crippen MR) is 68.3 cm³/mol. The maximum Gasteiger partial charge on any atom is 0.195 e. The highest BCUT2D eigenvalue weighted by Gasteiger charge is 2.15. The van der Waals surface area contributed by atoms with E-state index in [-0.39, 0.29) is 0 Å². The first kappa shape index (κ1) is 11.5. The fraction of sp³-hybridized carbons (Fsp3) is 0.500. The lowest BCUT2D eigenvalue weighted by atomic mass is 10.3. The van der Waals surface area contributed by atoms with Gasteiger partial charge in [-0.1, -0.05) is 6.92 Å². The van der Waals surface area contributed by atoms with Gasteiger partial charge in [-0.15, -0.1) is 11.3 Å². The van der Waals surface area contributed by atoms with Gasteiger partial charge in [0.2, 0.25) is 0 Å². The highest BCUT2D eigenvalue weighted by atomic mass is 32.1. The van der Waals surface area contributed by atoms with Gasteiger partial charge in [0.25, 0.3) is 0 Å². The minimum Gasteiger partial charge on any atom is -0.300 e. The lowest BCUT2D eigenvalue weighted by molar-refractivity contribution is 0.755. The summed E-state index contributed by atoms with van der Waals surface area (Å²) < 4.78 is 2.67. The van der Waals surface area contributed by atoms with Crippen LogP contribution in [-0.4, -0.2) is 19.7 Å². The predicted octanol–water partition coefficient (Wildman–Crippen LogP) is 2.95. The number of thiazole rings is 1. The second-order valence-electron chi connectivity index (χ2n) is 3.46. The van der Waals surface area contributed by atoms with Crippen molar-refractivity contribution in [1.29, 1.82) is 0 Å². The van der Waals surface area contributed by atoms with E-state index in [4.69, 9.17) is 12.2 Å². The molecule has 0 saturated carbocycles. The van der Waals surface area contributed by atoms with E-state index in [0.717, 1.165) is 34.4 Å². The molecule has 0 aliphatic heterocycles. The number of hydrogen-bond donors (Lipinski definition) is 1. The SMILES string of the molecule is CCc1nc(C)sc1-c1n[nH]c(=S)n1CC. The van der Waals surface area contributed by atoms with Crippen LogP contribution in [0.3, 0.4) is 0 Å². The Balaban J connectivity index is 2.62. The van der Waals surface area contributed by atoms with Crippen molar-refractivity contribution in [2.24, 2.45) is 0 Å². The van der Waals surface area contributed by atoms with Gasteiger partial charge >= 0.3 is 0 Å². The third-order valence-corrected chi connectivity index (χ3v) is 3.74. The number of nitrogens with one attached hydrogen (secondary N) is 1. The Bertz CT molecular complexity index is 549. The van der Waals surface area contributed by atoms with Crippen LogP contribution in [0.2, 0.25) is 0 Å². The topological polar surface area (TPSA) is 46.5 Å². The second-order valence-corrected chi connectivity index (χ2v) is 5.05. The summed E-state index contributed by atoms with van der Waals surface area (Å²) in [4.78, 5) is 5.64. The van der Waals surface area contributed by atoms with E-state index in [1.807, 2.05) is 11.5 Å². The van der Waals surface area contributed by atoms with Crippen LogP contribution in [0.4, 0.5) is 0 Å². The van der Waals surface area contributed by atoms with E-state index in [0.29, 0.717) is 4.77 Å². The molecule has 0 aliphatic rings. The summed E-state index contributed by atoms with van der Waals surface area (Å²) in [6.45, 7) is 7.01. The molecular weight excluding hydrogens is 240 g/mol. The number of nitrogens with zero attached hydrogens (tertiary/aromatic N) is 3. The van der Waals surface area contributed by atoms with Gasteiger partial charge in [0.15, 0.2) is 10.6 Å². The Kier molecular flexibility index (Phi) is 3.20. The van der Waals surface area contributed by atoms with E-state index in [1.165, 1.54) is 0 Å². The van der Waals surface area contributed by atoms with E-state index >= 15 is 0 Å². The van der Waals surface area contributed by atoms with Crippen LogP contribution in [-0.2, 0) is 13.0 Å². The Labute approximate surface area is 103 Å². The maximum atomic E-state index is 5.19. The van der Waals surface area contributed by atoms with Gasteiger partial charge in [0.1, 0.15) is 0 Å². The Hall–Kier alpha value is -1.01. The molecule has 4 nitrogen and oxygen atoms in total. The number of aromatic nitrogens is 4. The maximum absolute atomic E-state index is 5.19. The summed E-state index contributed by atoms with van der Waals surface area (Å²) in [6, 6.07) is 0. The molecular formula is C10H14N4S2. The summed E-state index contributed by atoms with van der Waals surface area (Å²) in [6.07, 6.45) is 0.920. The molecule has 0 saturated heterocycles. The van der Waals surface area contributed by atoms with Crippen LogP contribution in [0.1, 0.15) is 24.5 Å². The van der Waals surface area contributed by atoms with Crippen molar-refractivity contribution in [1.82, 2.24) is 19.7 Å². The summed E-state index contributed by atoms with van der Waals surface area (Å²) in [5.74, 6) is 0.912. The van der Waals surface area contributed by atoms with E-state index in [9.17, 15) is 0 Å². The first-order chi connectivity index (χ1) is 7.67. The summed E-state index contributed by atoms with van der Waals surface area (Å²) in [5, 5.41) is 8.21. The molecule has 0 aliphatic carbocycles. The lowest BCUT2D eigenvalue weighted by Crippen LogP contribution is -1.98. The average molecular weight is 254 g/mol. The molecule has 0 radical (unpaired) electrons. The zero-order chi connectivity index (χ0) is 11.7. The number of rotatable bonds is 3. The van der Waals surface area contributed by atoms with Crippen LogP contribution in [0, 0.1) is 11.7 Å². The molecule has 0 spiro atoms.